The smallest absolute Gasteiger partial charge is 0.239 e. The van der Waals surface area contributed by atoms with Crippen molar-refractivity contribution in [3.63, 3.8) is 0 Å². The van der Waals surface area contributed by atoms with E-state index in [0.717, 1.165) is 15.7 Å². The van der Waals surface area contributed by atoms with Gasteiger partial charge in [-0.15, -0.1) is 0 Å². The Labute approximate surface area is 117 Å². The summed E-state index contributed by atoms with van der Waals surface area (Å²) in [6.45, 7) is 6.42. The summed E-state index contributed by atoms with van der Waals surface area (Å²) in [5.41, 5.74) is 0.861. The van der Waals surface area contributed by atoms with Crippen LogP contribution in [0.3, 0.4) is 0 Å². The van der Waals surface area contributed by atoms with E-state index in [1.165, 1.54) is 0 Å². The number of benzene rings is 1. The molecule has 1 aromatic rings. The monoisotopic (exact) mass is 346 g/mol. The van der Waals surface area contributed by atoms with Crippen LogP contribution in [0, 0.1) is 3.57 Å². The number of hydrogen-bond donors (Lipinski definition) is 2. The molecule has 17 heavy (non-hydrogen) atoms. The predicted octanol–water partition coefficient (Wildman–Crippen LogP) is 3.01. The lowest BCUT2D eigenvalue weighted by molar-refractivity contribution is -0.121. The van der Waals surface area contributed by atoms with Crippen LogP contribution in [0.25, 0.3) is 0 Å². The summed E-state index contributed by atoms with van der Waals surface area (Å²) in [4.78, 5) is 11.7. The number of amides is 1. The van der Waals surface area contributed by atoms with Crippen LogP contribution in [0.4, 0.5) is 5.69 Å². The van der Waals surface area contributed by atoms with Gasteiger partial charge >= 0.3 is 0 Å². The van der Waals surface area contributed by atoms with E-state index in [4.69, 9.17) is 0 Å². The van der Waals surface area contributed by atoms with Gasteiger partial charge in [-0.05, 0) is 55.0 Å². The van der Waals surface area contributed by atoms with Crippen molar-refractivity contribution >= 4 is 34.2 Å². The van der Waals surface area contributed by atoms with Gasteiger partial charge in [0.1, 0.15) is 0 Å². The Kier molecular flexibility index (Phi) is 5.24. The van der Waals surface area contributed by atoms with Crippen LogP contribution >= 0.6 is 22.6 Å². The first-order valence-corrected chi connectivity index (χ1v) is 6.82. The van der Waals surface area contributed by atoms with Crippen LogP contribution in [-0.4, -0.2) is 18.0 Å². The first-order valence-electron chi connectivity index (χ1n) is 5.74. The molecule has 0 radical (unpaired) electrons. The van der Waals surface area contributed by atoms with E-state index in [1.54, 1.807) is 0 Å². The van der Waals surface area contributed by atoms with Crippen LogP contribution in [0.1, 0.15) is 27.2 Å². The van der Waals surface area contributed by atoms with Gasteiger partial charge < -0.3 is 10.6 Å². The Morgan fingerprint density at radius 3 is 2.59 bits per heavy atom. The SMILES string of the molecule is CCC(C)(C)NC(=O)CNc1ccccc1I. The van der Waals surface area contributed by atoms with Gasteiger partial charge in [-0.1, -0.05) is 19.1 Å². The molecule has 0 atom stereocenters. The van der Waals surface area contributed by atoms with Crippen LogP contribution in [0.2, 0.25) is 0 Å². The van der Waals surface area contributed by atoms with Gasteiger partial charge in [0.25, 0.3) is 0 Å². The molecule has 0 unspecified atom stereocenters. The van der Waals surface area contributed by atoms with Gasteiger partial charge in [-0.3, -0.25) is 4.79 Å². The summed E-state index contributed by atoms with van der Waals surface area (Å²) < 4.78 is 1.12. The molecule has 0 bridgehead atoms. The maximum atomic E-state index is 11.7. The van der Waals surface area contributed by atoms with Gasteiger partial charge in [-0.25, -0.2) is 0 Å². The van der Waals surface area contributed by atoms with Crippen molar-refractivity contribution < 1.29 is 4.79 Å². The van der Waals surface area contributed by atoms with Crippen molar-refractivity contribution in [1.29, 1.82) is 0 Å². The number of anilines is 1. The van der Waals surface area contributed by atoms with Crippen LogP contribution in [0.5, 0.6) is 0 Å². The Morgan fingerprint density at radius 1 is 1.35 bits per heavy atom. The van der Waals surface area contributed by atoms with Crippen LogP contribution < -0.4 is 10.6 Å². The zero-order valence-corrected chi connectivity index (χ0v) is 12.7. The van der Waals surface area contributed by atoms with Crippen molar-refractivity contribution in [2.75, 3.05) is 11.9 Å². The number of nitrogens with one attached hydrogen (secondary N) is 2. The van der Waals surface area contributed by atoms with Gasteiger partial charge in [-0.2, -0.15) is 0 Å². The fraction of sp³-hybridized carbons (Fsp3) is 0.462. The van der Waals surface area contributed by atoms with E-state index >= 15 is 0 Å². The average Bonchev–Trinajstić information content (AvgIpc) is 2.27. The number of halogens is 1. The summed E-state index contributed by atoms with van der Waals surface area (Å²) in [5, 5.41) is 6.13. The number of carbonyl (C=O) groups excluding carboxylic acids is 1. The summed E-state index contributed by atoms with van der Waals surface area (Å²) in [6.07, 6.45) is 0.918. The molecular weight excluding hydrogens is 327 g/mol. The first kappa shape index (κ1) is 14.3. The lowest BCUT2D eigenvalue weighted by Crippen LogP contribution is -2.45. The molecule has 0 aliphatic rings. The standard InChI is InChI=1S/C13H19IN2O/c1-4-13(2,3)16-12(17)9-15-11-8-6-5-7-10(11)14/h5-8,15H,4,9H2,1-3H3,(H,16,17). The molecule has 2 N–H and O–H groups in total. The minimum absolute atomic E-state index is 0.0245. The van der Waals surface area contributed by atoms with Gasteiger partial charge in [0.15, 0.2) is 0 Å². The minimum atomic E-state index is -0.136. The minimum Gasteiger partial charge on any atom is -0.375 e. The number of para-hydroxylation sites is 1. The molecule has 94 valence electrons. The zero-order chi connectivity index (χ0) is 12.9. The van der Waals surface area contributed by atoms with Crippen molar-refractivity contribution in [3.8, 4) is 0 Å². The van der Waals surface area contributed by atoms with Gasteiger partial charge in [0, 0.05) is 14.8 Å². The number of rotatable bonds is 5. The largest absolute Gasteiger partial charge is 0.375 e. The normalized spacial score (nSPS) is 11.1. The molecule has 0 spiro atoms. The number of hydrogen-bond acceptors (Lipinski definition) is 2. The fourth-order valence-electron chi connectivity index (χ4n) is 1.29. The molecule has 1 amide bonds. The van der Waals surface area contributed by atoms with Crippen molar-refractivity contribution in [2.45, 2.75) is 32.7 Å². The predicted molar refractivity (Wildman–Crippen MR) is 80.2 cm³/mol. The molecule has 0 heterocycles. The topological polar surface area (TPSA) is 41.1 Å². The quantitative estimate of drug-likeness (QED) is 0.805. The summed E-state index contributed by atoms with van der Waals surface area (Å²) in [7, 11) is 0. The molecule has 0 aliphatic carbocycles. The van der Waals surface area contributed by atoms with E-state index in [2.05, 4.69) is 40.1 Å². The third-order valence-corrected chi connectivity index (χ3v) is 3.62. The molecule has 3 nitrogen and oxygen atoms in total. The van der Waals surface area contributed by atoms with Crippen LogP contribution in [-0.2, 0) is 4.79 Å². The molecule has 0 aromatic heterocycles. The molecule has 4 heteroatoms. The van der Waals surface area contributed by atoms with E-state index in [1.807, 2.05) is 38.1 Å². The summed E-state index contributed by atoms with van der Waals surface area (Å²) in [6, 6.07) is 7.92. The van der Waals surface area contributed by atoms with Crippen molar-refractivity contribution in [2.24, 2.45) is 0 Å². The maximum Gasteiger partial charge on any atom is 0.239 e. The van der Waals surface area contributed by atoms with E-state index < -0.39 is 0 Å². The first-order chi connectivity index (χ1) is 7.94. The van der Waals surface area contributed by atoms with Crippen molar-refractivity contribution in [3.05, 3.63) is 27.8 Å². The van der Waals surface area contributed by atoms with E-state index in [9.17, 15) is 4.79 Å². The third kappa shape index (κ3) is 4.93. The van der Waals surface area contributed by atoms with Gasteiger partial charge in [0.2, 0.25) is 5.91 Å². The van der Waals surface area contributed by atoms with Crippen molar-refractivity contribution in [1.82, 2.24) is 5.32 Å². The second-order valence-electron chi connectivity index (χ2n) is 4.62. The van der Waals surface area contributed by atoms with Gasteiger partial charge in [0.05, 0.1) is 6.54 Å². The Bertz CT molecular complexity index is 391. The molecule has 0 saturated heterocycles. The average molecular weight is 346 g/mol. The highest BCUT2D eigenvalue weighted by atomic mass is 127. The maximum absolute atomic E-state index is 11.7. The highest BCUT2D eigenvalue weighted by Crippen LogP contribution is 2.16. The summed E-state index contributed by atoms with van der Waals surface area (Å²) >= 11 is 2.25. The second kappa shape index (κ2) is 6.23. The second-order valence-corrected chi connectivity index (χ2v) is 5.78. The lowest BCUT2D eigenvalue weighted by atomic mass is 10.0. The fourth-order valence-corrected chi connectivity index (χ4v) is 1.87. The molecular formula is C13H19IN2O. The third-order valence-electron chi connectivity index (χ3n) is 2.67. The Hall–Kier alpha value is -0.780. The highest BCUT2D eigenvalue weighted by Gasteiger charge is 2.17. The lowest BCUT2D eigenvalue weighted by Gasteiger charge is -2.24. The summed E-state index contributed by atoms with van der Waals surface area (Å²) in [5.74, 6) is 0.0245. The van der Waals surface area contributed by atoms with E-state index in [0.29, 0.717) is 6.54 Å². The Morgan fingerprint density at radius 2 is 2.00 bits per heavy atom. The Balaban J connectivity index is 2.47. The number of carbonyl (C=O) groups is 1. The molecule has 1 rings (SSSR count). The zero-order valence-electron chi connectivity index (χ0n) is 10.5. The molecule has 0 fully saturated rings. The molecule has 0 saturated carbocycles. The molecule has 1 aromatic carbocycles. The van der Waals surface area contributed by atoms with E-state index in [-0.39, 0.29) is 11.4 Å². The molecule has 0 aliphatic heterocycles. The van der Waals surface area contributed by atoms with Crippen LogP contribution in [0.15, 0.2) is 24.3 Å². The highest BCUT2D eigenvalue weighted by molar-refractivity contribution is 14.1.